The molecule has 0 atom stereocenters. The quantitative estimate of drug-likeness (QED) is 0.558. The van der Waals surface area contributed by atoms with Gasteiger partial charge in [-0.15, -0.1) is 0 Å². The molecule has 0 unspecified atom stereocenters. The lowest BCUT2D eigenvalue weighted by molar-refractivity contribution is 0.0785. The molecule has 1 heterocycles. The van der Waals surface area contributed by atoms with Crippen LogP contribution in [-0.4, -0.2) is 32.8 Å². The van der Waals surface area contributed by atoms with Crippen molar-refractivity contribution in [2.75, 3.05) is 17.9 Å². The van der Waals surface area contributed by atoms with Gasteiger partial charge in [0, 0.05) is 30.7 Å². The number of carbonyl (C=O) groups excluding carboxylic acids is 1. The first-order valence-electron chi connectivity index (χ1n) is 10.1. The second-order valence-corrected chi connectivity index (χ2v) is 9.93. The second kappa shape index (κ2) is 8.73. The van der Waals surface area contributed by atoms with Gasteiger partial charge in [-0.3, -0.25) is 9.10 Å². The van der Waals surface area contributed by atoms with Gasteiger partial charge < -0.3 is 4.90 Å². The van der Waals surface area contributed by atoms with E-state index in [0.29, 0.717) is 29.4 Å². The van der Waals surface area contributed by atoms with Gasteiger partial charge in [-0.2, -0.15) is 0 Å². The maximum Gasteiger partial charge on any atom is 0.264 e. The van der Waals surface area contributed by atoms with Crippen molar-refractivity contribution in [2.24, 2.45) is 0 Å². The molecule has 0 radical (unpaired) electrons. The smallest absolute Gasteiger partial charge is 0.264 e. The molecule has 7 heteroatoms. The molecule has 0 aliphatic carbocycles. The lowest BCUT2D eigenvalue weighted by Crippen LogP contribution is -2.35. The van der Waals surface area contributed by atoms with Crippen molar-refractivity contribution in [1.29, 1.82) is 0 Å². The Morgan fingerprint density at radius 1 is 1.03 bits per heavy atom. The van der Waals surface area contributed by atoms with E-state index < -0.39 is 10.0 Å². The highest BCUT2D eigenvalue weighted by Crippen LogP contribution is 2.32. The van der Waals surface area contributed by atoms with Crippen LogP contribution in [0.15, 0.2) is 77.7 Å². The van der Waals surface area contributed by atoms with Crippen LogP contribution in [0, 0.1) is 0 Å². The number of anilines is 1. The summed E-state index contributed by atoms with van der Waals surface area (Å²) in [7, 11) is -2.09. The predicted molar refractivity (Wildman–Crippen MR) is 123 cm³/mol. The Labute approximate surface area is 187 Å². The summed E-state index contributed by atoms with van der Waals surface area (Å²) in [6.45, 7) is 0.794. The van der Waals surface area contributed by atoms with Gasteiger partial charge in [0.1, 0.15) is 0 Å². The van der Waals surface area contributed by atoms with Crippen molar-refractivity contribution in [3.63, 3.8) is 0 Å². The largest absolute Gasteiger partial charge is 0.337 e. The van der Waals surface area contributed by atoms with Crippen LogP contribution < -0.4 is 4.31 Å². The summed E-state index contributed by atoms with van der Waals surface area (Å²) in [5, 5.41) is 0.605. The molecule has 5 nitrogen and oxygen atoms in total. The first-order valence-corrected chi connectivity index (χ1v) is 11.9. The number of hydrogen-bond acceptors (Lipinski definition) is 3. The number of benzene rings is 3. The van der Waals surface area contributed by atoms with Crippen LogP contribution in [0.3, 0.4) is 0 Å². The number of amides is 1. The third-order valence-corrected chi connectivity index (χ3v) is 7.44. The molecule has 3 aromatic carbocycles. The fourth-order valence-corrected chi connectivity index (χ4v) is 5.67. The maximum absolute atomic E-state index is 13.4. The number of fused-ring (bicyclic) bond motifs is 1. The highest BCUT2D eigenvalue weighted by Gasteiger charge is 2.29. The number of carbonyl (C=O) groups is 1. The molecule has 1 aliphatic heterocycles. The van der Waals surface area contributed by atoms with E-state index in [-0.39, 0.29) is 10.8 Å². The number of rotatable bonds is 5. The van der Waals surface area contributed by atoms with Crippen molar-refractivity contribution in [2.45, 2.75) is 24.3 Å². The molecule has 1 amide bonds. The summed E-state index contributed by atoms with van der Waals surface area (Å²) in [4.78, 5) is 14.6. The average Bonchev–Trinajstić information content (AvgIpc) is 2.78. The van der Waals surface area contributed by atoms with Gasteiger partial charge >= 0.3 is 0 Å². The summed E-state index contributed by atoms with van der Waals surface area (Å²) < 4.78 is 28.3. The zero-order chi connectivity index (χ0) is 22.0. The van der Waals surface area contributed by atoms with Gasteiger partial charge in [0.2, 0.25) is 0 Å². The van der Waals surface area contributed by atoms with Crippen molar-refractivity contribution >= 4 is 33.2 Å². The van der Waals surface area contributed by atoms with Crippen LogP contribution in [0.2, 0.25) is 5.02 Å². The first-order chi connectivity index (χ1) is 14.9. The van der Waals surface area contributed by atoms with Crippen LogP contribution >= 0.6 is 11.6 Å². The van der Waals surface area contributed by atoms with Crippen LogP contribution in [0.1, 0.15) is 27.9 Å². The molecule has 0 N–H and O–H groups in total. The van der Waals surface area contributed by atoms with E-state index in [1.807, 2.05) is 36.4 Å². The molecule has 31 heavy (non-hydrogen) atoms. The first kappa shape index (κ1) is 21.4. The Balaban J connectivity index is 1.60. The van der Waals surface area contributed by atoms with E-state index in [9.17, 15) is 13.2 Å². The molecule has 0 aromatic heterocycles. The number of aryl methyl sites for hydroxylation is 1. The van der Waals surface area contributed by atoms with Crippen molar-refractivity contribution in [3.05, 3.63) is 94.5 Å². The molecular formula is C24H23ClN2O3S. The van der Waals surface area contributed by atoms with Gasteiger partial charge in [0.15, 0.2) is 0 Å². The Hall–Kier alpha value is -2.83. The Morgan fingerprint density at radius 3 is 2.61 bits per heavy atom. The maximum atomic E-state index is 13.4. The van der Waals surface area contributed by atoms with Gasteiger partial charge in [0.25, 0.3) is 15.9 Å². The third kappa shape index (κ3) is 4.45. The van der Waals surface area contributed by atoms with Crippen LogP contribution in [0.4, 0.5) is 5.69 Å². The second-order valence-electron chi connectivity index (χ2n) is 7.63. The number of hydrogen-bond donors (Lipinski definition) is 0. The topological polar surface area (TPSA) is 57.7 Å². The van der Waals surface area contributed by atoms with Gasteiger partial charge in [0.05, 0.1) is 10.6 Å². The Morgan fingerprint density at radius 2 is 1.81 bits per heavy atom. The molecule has 160 valence electrons. The molecule has 0 saturated carbocycles. The number of nitrogens with zero attached hydrogens (tertiary/aromatic N) is 2. The lowest BCUT2D eigenvalue weighted by Gasteiger charge is -2.30. The van der Waals surface area contributed by atoms with Crippen molar-refractivity contribution in [1.82, 2.24) is 4.90 Å². The number of sulfonamides is 1. The summed E-state index contributed by atoms with van der Waals surface area (Å²) in [5.41, 5.74) is 2.96. The summed E-state index contributed by atoms with van der Waals surface area (Å²) in [6, 6.07) is 21.1. The Kier molecular flexibility index (Phi) is 6.03. The molecule has 0 fully saturated rings. The minimum Gasteiger partial charge on any atom is -0.337 e. The van der Waals surface area contributed by atoms with E-state index in [1.165, 1.54) is 10.4 Å². The summed E-state index contributed by atoms with van der Waals surface area (Å²) in [6.07, 6.45) is 1.62. The normalized spacial score (nSPS) is 13.5. The average molecular weight is 455 g/mol. The zero-order valence-electron chi connectivity index (χ0n) is 17.2. The van der Waals surface area contributed by atoms with Crippen molar-refractivity contribution < 1.29 is 13.2 Å². The van der Waals surface area contributed by atoms with Crippen LogP contribution in [0.5, 0.6) is 0 Å². The van der Waals surface area contributed by atoms with E-state index in [2.05, 4.69) is 0 Å². The number of halogens is 1. The van der Waals surface area contributed by atoms with E-state index >= 15 is 0 Å². The highest BCUT2D eigenvalue weighted by molar-refractivity contribution is 7.92. The molecular weight excluding hydrogens is 432 g/mol. The lowest BCUT2D eigenvalue weighted by atomic mass is 10.0. The highest BCUT2D eigenvalue weighted by atomic mass is 35.5. The summed E-state index contributed by atoms with van der Waals surface area (Å²) >= 11 is 6.03. The van der Waals surface area contributed by atoms with E-state index in [1.54, 1.807) is 42.3 Å². The minimum atomic E-state index is -3.78. The van der Waals surface area contributed by atoms with Gasteiger partial charge in [-0.1, -0.05) is 48.0 Å². The molecule has 0 bridgehead atoms. The predicted octanol–water partition coefficient (Wildman–Crippen LogP) is 4.75. The van der Waals surface area contributed by atoms with Crippen LogP contribution in [-0.2, 0) is 23.0 Å². The van der Waals surface area contributed by atoms with Gasteiger partial charge in [-0.25, -0.2) is 8.42 Å². The SMILES string of the molecule is CN(Cc1cccc(Cl)c1)C(=O)c1cccc(S(=O)(=O)N2CCCc3ccccc32)c1. The summed E-state index contributed by atoms with van der Waals surface area (Å²) in [5.74, 6) is -0.254. The zero-order valence-corrected chi connectivity index (χ0v) is 18.7. The fourth-order valence-electron chi connectivity index (χ4n) is 3.87. The molecule has 3 aromatic rings. The Bertz CT molecular complexity index is 1230. The van der Waals surface area contributed by atoms with E-state index in [0.717, 1.165) is 24.0 Å². The van der Waals surface area contributed by atoms with E-state index in [4.69, 9.17) is 11.6 Å². The minimum absolute atomic E-state index is 0.117. The monoisotopic (exact) mass is 454 g/mol. The van der Waals surface area contributed by atoms with Crippen molar-refractivity contribution in [3.8, 4) is 0 Å². The van der Waals surface area contributed by atoms with Gasteiger partial charge in [-0.05, 0) is 60.4 Å². The molecule has 0 saturated heterocycles. The third-order valence-electron chi connectivity index (χ3n) is 5.39. The molecule has 4 rings (SSSR count). The molecule has 0 spiro atoms. The standard InChI is InChI=1S/C24H23ClN2O3S/c1-26(17-18-7-4-11-21(25)15-18)24(28)20-9-5-12-22(16-20)31(29,30)27-14-6-10-19-8-2-3-13-23(19)27/h2-5,7-9,11-13,15-16H,6,10,14,17H2,1H3. The fraction of sp³-hybridized carbons (Fsp3) is 0.208. The number of para-hydroxylation sites is 1. The van der Waals surface area contributed by atoms with Crippen LogP contribution in [0.25, 0.3) is 0 Å². The molecule has 1 aliphatic rings.